The van der Waals surface area contributed by atoms with E-state index in [0.717, 1.165) is 5.56 Å². The number of aromatic amines is 1. The maximum atomic E-state index is 12.7. The van der Waals surface area contributed by atoms with E-state index in [4.69, 9.17) is 10.00 Å². The monoisotopic (exact) mass is 402 g/mol. The molecule has 4 rings (SSSR count). The second-order valence-electron chi connectivity index (χ2n) is 6.80. The molecule has 150 valence electrons. The van der Waals surface area contributed by atoms with Crippen molar-refractivity contribution in [3.63, 3.8) is 0 Å². The molecule has 1 atom stereocenters. The van der Waals surface area contributed by atoms with Crippen LogP contribution in [0.2, 0.25) is 0 Å². The summed E-state index contributed by atoms with van der Waals surface area (Å²) in [6.45, 7) is 0.00413. The van der Waals surface area contributed by atoms with Crippen LogP contribution in [0, 0.1) is 11.3 Å². The van der Waals surface area contributed by atoms with Crippen LogP contribution in [-0.4, -0.2) is 46.7 Å². The van der Waals surface area contributed by atoms with Gasteiger partial charge in [0, 0.05) is 13.5 Å². The highest BCUT2D eigenvalue weighted by atomic mass is 16.5. The van der Waals surface area contributed by atoms with Crippen LogP contribution >= 0.6 is 0 Å². The SMILES string of the molecule is CN1C(=O)C(NC(=O)c2n[nH]c(Cc3cccc(C#N)c3)n2)COc2ccccc21. The highest BCUT2D eigenvalue weighted by Gasteiger charge is 2.31. The third kappa shape index (κ3) is 3.84. The lowest BCUT2D eigenvalue weighted by Gasteiger charge is -2.19. The molecule has 30 heavy (non-hydrogen) atoms. The topological polar surface area (TPSA) is 124 Å². The lowest BCUT2D eigenvalue weighted by atomic mass is 10.1. The molecule has 0 fully saturated rings. The lowest BCUT2D eigenvalue weighted by Crippen LogP contribution is -2.49. The third-order valence-electron chi connectivity index (χ3n) is 4.73. The van der Waals surface area contributed by atoms with Crippen molar-refractivity contribution in [1.82, 2.24) is 20.5 Å². The Morgan fingerprint density at radius 3 is 3.00 bits per heavy atom. The van der Waals surface area contributed by atoms with Gasteiger partial charge in [-0.1, -0.05) is 24.3 Å². The van der Waals surface area contributed by atoms with E-state index in [1.165, 1.54) is 4.90 Å². The Morgan fingerprint density at radius 1 is 1.33 bits per heavy atom. The van der Waals surface area contributed by atoms with E-state index in [1.807, 2.05) is 18.2 Å². The Bertz CT molecular complexity index is 1150. The van der Waals surface area contributed by atoms with Gasteiger partial charge in [0.1, 0.15) is 24.2 Å². The number of anilines is 1. The number of para-hydroxylation sites is 2. The molecule has 2 amide bonds. The fraction of sp³-hybridized carbons (Fsp3) is 0.190. The van der Waals surface area contributed by atoms with Gasteiger partial charge in [-0.05, 0) is 29.8 Å². The maximum Gasteiger partial charge on any atom is 0.291 e. The van der Waals surface area contributed by atoms with E-state index in [-0.39, 0.29) is 18.3 Å². The maximum absolute atomic E-state index is 12.7. The summed E-state index contributed by atoms with van der Waals surface area (Å²) < 4.78 is 5.69. The number of H-pyrrole nitrogens is 1. The van der Waals surface area contributed by atoms with Gasteiger partial charge in [-0.2, -0.15) is 5.26 Å². The second-order valence-corrected chi connectivity index (χ2v) is 6.80. The molecule has 0 spiro atoms. The van der Waals surface area contributed by atoms with E-state index < -0.39 is 11.9 Å². The van der Waals surface area contributed by atoms with Crippen LogP contribution in [0.25, 0.3) is 0 Å². The molecule has 2 aromatic carbocycles. The van der Waals surface area contributed by atoms with Crippen LogP contribution < -0.4 is 15.0 Å². The molecule has 9 nitrogen and oxygen atoms in total. The van der Waals surface area contributed by atoms with Gasteiger partial charge in [0.2, 0.25) is 5.82 Å². The number of nitrogens with one attached hydrogen (secondary N) is 2. The van der Waals surface area contributed by atoms with Crippen LogP contribution in [0.15, 0.2) is 48.5 Å². The van der Waals surface area contributed by atoms with Crippen LogP contribution in [0.5, 0.6) is 5.75 Å². The van der Waals surface area contributed by atoms with Crippen LogP contribution in [0.3, 0.4) is 0 Å². The van der Waals surface area contributed by atoms with Crippen LogP contribution in [0.1, 0.15) is 27.6 Å². The molecule has 0 radical (unpaired) electrons. The largest absolute Gasteiger partial charge is 0.489 e. The number of nitrogens with zero attached hydrogens (tertiary/aromatic N) is 4. The smallest absolute Gasteiger partial charge is 0.291 e. The first-order valence-electron chi connectivity index (χ1n) is 9.25. The quantitative estimate of drug-likeness (QED) is 0.680. The van der Waals surface area contributed by atoms with Gasteiger partial charge in [0.15, 0.2) is 0 Å². The van der Waals surface area contributed by atoms with Gasteiger partial charge < -0.3 is 15.0 Å². The van der Waals surface area contributed by atoms with E-state index in [1.54, 1.807) is 37.4 Å². The predicted molar refractivity (Wildman–Crippen MR) is 107 cm³/mol. The van der Waals surface area contributed by atoms with Crippen molar-refractivity contribution in [3.8, 4) is 11.8 Å². The highest BCUT2D eigenvalue weighted by Crippen LogP contribution is 2.29. The number of hydrogen-bond donors (Lipinski definition) is 2. The minimum atomic E-state index is -0.871. The van der Waals surface area contributed by atoms with Crippen molar-refractivity contribution in [2.75, 3.05) is 18.6 Å². The number of carbonyl (C=O) groups excluding carboxylic acids is 2. The summed E-state index contributed by atoms with van der Waals surface area (Å²) in [4.78, 5) is 31.0. The number of nitriles is 1. The van der Waals surface area contributed by atoms with Gasteiger partial charge in [-0.15, -0.1) is 5.10 Å². The summed E-state index contributed by atoms with van der Waals surface area (Å²) in [5.74, 6) is 0.105. The van der Waals surface area contributed by atoms with Gasteiger partial charge in [0.05, 0.1) is 17.3 Å². The van der Waals surface area contributed by atoms with Gasteiger partial charge in [0.25, 0.3) is 11.8 Å². The van der Waals surface area contributed by atoms with Crippen molar-refractivity contribution in [2.24, 2.45) is 0 Å². The number of rotatable bonds is 4. The van der Waals surface area contributed by atoms with E-state index in [9.17, 15) is 9.59 Å². The number of hydrogen-bond acceptors (Lipinski definition) is 6. The number of ether oxygens (including phenoxy) is 1. The number of carbonyl (C=O) groups is 2. The molecule has 3 aromatic rings. The number of benzene rings is 2. The fourth-order valence-corrected chi connectivity index (χ4v) is 3.20. The molecule has 0 bridgehead atoms. The third-order valence-corrected chi connectivity index (χ3v) is 4.73. The molecular formula is C21H18N6O3. The average molecular weight is 402 g/mol. The second kappa shape index (κ2) is 8.05. The molecule has 1 aliphatic rings. The standard InChI is InChI=1S/C21H18N6O3/c1-27-16-7-2-3-8-17(16)30-12-15(21(27)29)23-20(28)19-24-18(25-26-19)10-13-5-4-6-14(9-13)11-22/h2-9,15H,10,12H2,1H3,(H,23,28)(H,24,25,26). The molecule has 0 aliphatic carbocycles. The van der Waals surface area contributed by atoms with Gasteiger partial charge in [-0.3, -0.25) is 14.7 Å². The number of amides is 2. The minimum Gasteiger partial charge on any atom is -0.489 e. The summed E-state index contributed by atoms with van der Waals surface area (Å²) >= 11 is 0. The number of likely N-dealkylation sites (N-methyl/N-ethyl adjacent to an activating group) is 1. The Hall–Kier alpha value is -4.19. The molecule has 1 aliphatic heterocycles. The summed E-state index contributed by atoms with van der Waals surface area (Å²) in [6, 6.07) is 15.5. The Labute approximate surface area is 172 Å². The Morgan fingerprint density at radius 2 is 2.17 bits per heavy atom. The summed E-state index contributed by atoms with van der Waals surface area (Å²) in [7, 11) is 1.63. The first kappa shape index (κ1) is 19.1. The molecular weight excluding hydrogens is 384 g/mol. The predicted octanol–water partition coefficient (Wildman–Crippen LogP) is 1.42. The van der Waals surface area contributed by atoms with E-state index >= 15 is 0 Å². The molecule has 0 saturated carbocycles. The number of fused-ring (bicyclic) bond motifs is 1. The van der Waals surface area contributed by atoms with Crippen LogP contribution in [-0.2, 0) is 11.2 Å². The van der Waals surface area contributed by atoms with Crippen molar-refractivity contribution >= 4 is 17.5 Å². The zero-order valence-corrected chi connectivity index (χ0v) is 16.1. The highest BCUT2D eigenvalue weighted by molar-refractivity contribution is 6.02. The molecule has 1 aromatic heterocycles. The van der Waals surface area contributed by atoms with E-state index in [2.05, 4.69) is 26.6 Å². The van der Waals surface area contributed by atoms with Gasteiger partial charge >= 0.3 is 0 Å². The Balaban J connectivity index is 1.44. The van der Waals surface area contributed by atoms with E-state index in [0.29, 0.717) is 29.2 Å². The zero-order valence-electron chi connectivity index (χ0n) is 16.1. The molecule has 9 heteroatoms. The normalized spacial score (nSPS) is 15.5. The Kier molecular flexibility index (Phi) is 5.13. The summed E-state index contributed by atoms with van der Waals surface area (Å²) in [5.41, 5.74) is 2.05. The van der Waals surface area contributed by atoms with Crippen molar-refractivity contribution < 1.29 is 14.3 Å². The molecule has 2 heterocycles. The summed E-state index contributed by atoms with van der Waals surface area (Å²) in [5, 5.41) is 18.3. The fourth-order valence-electron chi connectivity index (χ4n) is 3.20. The number of aromatic nitrogens is 3. The lowest BCUT2D eigenvalue weighted by molar-refractivity contribution is -0.120. The molecule has 1 unspecified atom stereocenters. The first-order valence-corrected chi connectivity index (χ1v) is 9.25. The van der Waals surface area contributed by atoms with Crippen molar-refractivity contribution in [3.05, 3.63) is 71.3 Å². The summed E-state index contributed by atoms with van der Waals surface area (Å²) in [6.07, 6.45) is 0.388. The zero-order chi connectivity index (χ0) is 21.1. The van der Waals surface area contributed by atoms with Crippen molar-refractivity contribution in [1.29, 1.82) is 5.26 Å². The first-order chi connectivity index (χ1) is 14.5. The minimum absolute atomic E-state index is 0.00413. The molecule has 0 saturated heterocycles. The van der Waals surface area contributed by atoms with Crippen molar-refractivity contribution in [2.45, 2.75) is 12.5 Å². The molecule has 2 N–H and O–H groups in total. The van der Waals surface area contributed by atoms with Crippen LogP contribution in [0.4, 0.5) is 5.69 Å². The van der Waals surface area contributed by atoms with Gasteiger partial charge in [-0.25, -0.2) is 4.98 Å². The average Bonchev–Trinajstić information content (AvgIpc) is 3.20.